The number of carbonyl (C=O) groups excluding carboxylic acids is 1. The standard InChI is InChI=1S/C19H28F3N5O3/c1-10(2)15(14-6-11(3)25-30-14)17(29)26-8-12(28)7-13(26)16-23-18(4,5)27(24-16)9-19(20,21)22/h6,10,12-13,15,28H,7-9H2,1-5H3,(H,23,24). The van der Waals surface area contributed by atoms with Gasteiger partial charge in [0.1, 0.15) is 29.7 Å². The van der Waals surface area contributed by atoms with Crippen LogP contribution in [0.5, 0.6) is 0 Å². The Kier molecular flexibility index (Phi) is 5.89. The van der Waals surface area contributed by atoms with E-state index in [1.54, 1.807) is 26.8 Å². The van der Waals surface area contributed by atoms with Crippen molar-refractivity contribution in [2.75, 3.05) is 13.1 Å². The molecule has 1 fully saturated rings. The molecule has 0 spiro atoms. The van der Waals surface area contributed by atoms with Crippen LogP contribution in [0.4, 0.5) is 13.2 Å². The van der Waals surface area contributed by atoms with E-state index in [1.807, 2.05) is 13.8 Å². The summed E-state index contributed by atoms with van der Waals surface area (Å²) in [6, 6.07) is 1.04. The second-order valence-electron chi connectivity index (χ2n) is 8.79. The summed E-state index contributed by atoms with van der Waals surface area (Å²) in [5.41, 5.74) is 2.22. The molecule has 11 heteroatoms. The van der Waals surface area contributed by atoms with Crippen LogP contribution in [0.15, 0.2) is 15.6 Å². The normalized spacial score (nSPS) is 25.5. The minimum absolute atomic E-state index is 0.0697. The number of halogens is 3. The topological polar surface area (TPSA) is 94.2 Å². The van der Waals surface area contributed by atoms with Crippen molar-refractivity contribution in [1.82, 2.24) is 20.5 Å². The van der Waals surface area contributed by atoms with Crippen molar-refractivity contribution in [3.8, 4) is 0 Å². The highest BCUT2D eigenvalue weighted by atomic mass is 19.4. The Morgan fingerprint density at radius 3 is 2.63 bits per heavy atom. The molecule has 1 saturated heterocycles. The highest BCUT2D eigenvalue weighted by molar-refractivity contribution is 5.94. The monoisotopic (exact) mass is 431 g/mol. The molecule has 1 aromatic heterocycles. The van der Waals surface area contributed by atoms with Gasteiger partial charge in [-0.15, -0.1) is 0 Å². The van der Waals surface area contributed by atoms with Crippen molar-refractivity contribution < 1.29 is 27.6 Å². The number of aromatic nitrogens is 1. The zero-order chi connectivity index (χ0) is 22.4. The smallest absolute Gasteiger partial charge is 0.391 e. The van der Waals surface area contributed by atoms with E-state index in [0.29, 0.717) is 11.5 Å². The molecule has 3 unspecified atom stereocenters. The maximum absolute atomic E-state index is 13.4. The van der Waals surface area contributed by atoms with Crippen LogP contribution in [-0.4, -0.2) is 69.0 Å². The highest BCUT2D eigenvalue weighted by Gasteiger charge is 2.47. The van der Waals surface area contributed by atoms with E-state index in [1.165, 1.54) is 4.90 Å². The molecule has 0 aliphatic carbocycles. The molecule has 30 heavy (non-hydrogen) atoms. The van der Waals surface area contributed by atoms with Gasteiger partial charge in [0, 0.05) is 19.0 Å². The van der Waals surface area contributed by atoms with Crippen LogP contribution in [0.3, 0.4) is 0 Å². The maximum atomic E-state index is 13.4. The summed E-state index contributed by atoms with van der Waals surface area (Å²) in [5, 5.41) is 15.1. The predicted molar refractivity (Wildman–Crippen MR) is 102 cm³/mol. The first kappa shape index (κ1) is 22.5. The fraction of sp³-hybridized carbons (Fsp3) is 0.737. The van der Waals surface area contributed by atoms with Gasteiger partial charge in [0.05, 0.1) is 17.8 Å². The number of carbonyl (C=O) groups is 1. The molecule has 2 aliphatic rings. The van der Waals surface area contributed by atoms with Crippen LogP contribution in [0, 0.1) is 12.8 Å². The van der Waals surface area contributed by atoms with Gasteiger partial charge in [-0.2, -0.15) is 18.2 Å². The fourth-order valence-corrected chi connectivity index (χ4v) is 3.98. The van der Waals surface area contributed by atoms with Gasteiger partial charge in [0.15, 0.2) is 0 Å². The molecule has 168 valence electrons. The maximum Gasteiger partial charge on any atom is 0.403 e. The number of aryl methyl sites for hydroxylation is 1. The largest absolute Gasteiger partial charge is 0.403 e. The van der Waals surface area contributed by atoms with Crippen molar-refractivity contribution in [2.24, 2.45) is 10.9 Å². The Morgan fingerprint density at radius 1 is 1.43 bits per heavy atom. The quantitative estimate of drug-likeness (QED) is 0.743. The van der Waals surface area contributed by atoms with Crippen molar-refractivity contribution in [1.29, 1.82) is 0 Å². The molecule has 8 nitrogen and oxygen atoms in total. The zero-order valence-corrected chi connectivity index (χ0v) is 17.7. The molecule has 1 amide bonds. The average Bonchev–Trinajstić information content (AvgIpc) is 3.24. The first-order valence-electron chi connectivity index (χ1n) is 9.91. The lowest BCUT2D eigenvalue weighted by molar-refractivity contribution is -0.159. The number of hydrazine groups is 1. The first-order valence-corrected chi connectivity index (χ1v) is 9.91. The number of β-amino-alcohol motifs (C(OH)–C–C–N with tert-alkyl or cyclic N) is 1. The van der Waals surface area contributed by atoms with Crippen molar-refractivity contribution in [2.45, 2.75) is 70.9 Å². The summed E-state index contributed by atoms with van der Waals surface area (Å²) in [6.45, 7) is 7.51. The lowest BCUT2D eigenvalue weighted by Crippen LogP contribution is -2.54. The number of hydrogen-bond donors (Lipinski definition) is 2. The van der Waals surface area contributed by atoms with E-state index in [-0.39, 0.29) is 30.6 Å². The summed E-state index contributed by atoms with van der Waals surface area (Å²) in [7, 11) is 0. The molecule has 3 heterocycles. The Morgan fingerprint density at radius 2 is 2.10 bits per heavy atom. The summed E-state index contributed by atoms with van der Waals surface area (Å²) in [6.07, 6.45) is -5.02. The lowest BCUT2D eigenvalue weighted by atomic mass is 9.91. The number of aliphatic hydroxyl groups excluding tert-OH is 1. The van der Waals surface area contributed by atoms with E-state index >= 15 is 0 Å². The van der Waals surface area contributed by atoms with Crippen molar-refractivity contribution >= 4 is 11.7 Å². The minimum Gasteiger partial charge on any atom is -0.391 e. The summed E-state index contributed by atoms with van der Waals surface area (Å²) >= 11 is 0. The van der Waals surface area contributed by atoms with Gasteiger partial charge in [0.25, 0.3) is 0 Å². The number of hydrogen-bond acceptors (Lipinski definition) is 7. The molecular formula is C19H28F3N5O3. The van der Waals surface area contributed by atoms with Crippen LogP contribution < -0.4 is 5.43 Å². The second-order valence-corrected chi connectivity index (χ2v) is 8.79. The number of aliphatic imine (C=N–C) groups is 1. The van der Waals surface area contributed by atoms with Gasteiger partial charge in [-0.25, -0.2) is 4.99 Å². The third-order valence-electron chi connectivity index (χ3n) is 5.40. The van der Waals surface area contributed by atoms with Gasteiger partial charge in [-0.05, 0) is 26.7 Å². The number of nitrogens with zero attached hydrogens (tertiary/aromatic N) is 4. The summed E-state index contributed by atoms with van der Waals surface area (Å²) < 4.78 is 44.2. The van der Waals surface area contributed by atoms with E-state index in [4.69, 9.17) is 4.52 Å². The van der Waals surface area contributed by atoms with Crippen LogP contribution in [0.25, 0.3) is 0 Å². The number of aliphatic hydroxyl groups is 1. The SMILES string of the molecule is Cc1cc(C(C(=O)N2CC(O)CC2C2=NC(C)(C)N(CC(F)(F)F)N2)C(C)C)on1. The Labute approximate surface area is 173 Å². The molecule has 0 saturated carbocycles. The van der Waals surface area contributed by atoms with E-state index in [9.17, 15) is 23.1 Å². The first-order chi connectivity index (χ1) is 13.8. The predicted octanol–water partition coefficient (Wildman–Crippen LogP) is 2.20. The van der Waals surface area contributed by atoms with Crippen molar-refractivity contribution in [3.05, 3.63) is 17.5 Å². The number of nitrogens with one attached hydrogen (secondary N) is 1. The van der Waals surface area contributed by atoms with E-state index in [2.05, 4.69) is 15.6 Å². The van der Waals surface area contributed by atoms with Crippen LogP contribution >= 0.6 is 0 Å². The Balaban J connectivity index is 1.86. The van der Waals surface area contributed by atoms with Gasteiger partial charge >= 0.3 is 6.18 Å². The third-order valence-corrected chi connectivity index (χ3v) is 5.40. The second kappa shape index (κ2) is 7.84. The molecule has 1 aromatic rings. The zero-order valence-electron chi connectivity index (χ0n) is 17.7. The van der Waals surface area contributed by atoms with Gasteiger partial charge in [-0.1, -0.05) is 19.0 Å². The van der Waals surface area contributed by atoms with Crippen molar-refractivity contribution in [3.63, 3.8) is 0 Å². The molecule has 3 atom stereocenters. The fourth-order valence-electron chi connectivity index (χ4n) is 3.98. The van der Waals surface area contributed by atoms with E-state index in [0.717, 1.165) is 5.01 Å². The van der Waals surface area contributed by atoms with Gasteiger partial charge in [0.2, 0.25) is 5.91 Å². The Bertz CT molecular complexity index is 821. The van der Waals surface area contributed by atoms with Gasteiger partial charge < -0.3 is 20.0 Å². The molecule has 2 aliphatic heterocycles. The number of rotatable bonds is 5. The van der Waals surface area contributed by atoms with Crippen LogP contribution in [0.2, 0.25) is 0 Å². The van der Waals surface area contributed by atoms with Crippen LogP contribution in [0.1, 0.15) is 51.5 Å². The number of alkyl halides is 3. The Hall–Kier alpha value is -2.14. The molecule has 2 N–H and O–H groups in total. The molecule has 0 bridgehead atoms. The number of likely N-dealkylation sites (tertiary alicyclic amines) is 1. The number of amides is 1. The molecule has 0 aromatic carbocycles. The third kappa shape index (κ3) is 4.61. The summed E-state index contributed by atoms with van der Waals surface area (Å²) in [4.78, 5) is 19.3. The lowest BCUT2D eigenvalue weighted by Gasteiger charge is -2.31. The average molecular weight is 431 g/mol. The summed E-state index contributed by atoms with van der Waals surface area (Å²) in [5.74, 6) is -0.349. The molecule has 3 rings (SSSR count). The number of amidine groups is 1. The van der Waals surface area contributed by atoms with Crippen LogP contribution in [-0.2, 0) is 4.79 Å². The molecule has 0 radical (unpaired) electrons. The minimum atomic E-state index is -4.41. The van der Waals surface area contributed by atoms with E-state index < -0.39 is 36.4 Å². The van der Waals surface area contributed by atoms with Gasteiger partial charge in [-0.3, -0.25) is 4.79 Å². The molecular weight excluding hydrogens is 403 g/mol. The highest BCUT2D eigenvalue weighted by Crippen LogP contribution is 2.33.